The second-order valence-corrected chi connectivity index (χ2v) is 7.57. The highest BCUT2D eigenvalue weighted by Gasteiger charge is 2.29. The van der Waals surface area contributed by atoms with Gasteiger partial charge in [0.15, 0.2) is 9.59 Å². The third-order valence-corrected chi connectivity index (χ3v) is 5.64. The van der Waals surface area contributed by atoms with Crippen molar-refractivity contribution in [3.05, 3.63) is 0 Å². The molecule has 0 aromatic carbocycles. The Labute approximate surface area is 122 Å². The predicted octanol–water partition coefficient (Wildman–Crippen LogP) is 0.0180. The Bertz CT molecular complexity index is 598. The first-order valence-corrected chi connectivity index (χ1v) is 8.38. The van der Waals surface area contributed by atoms with Crippen molar-refractivity contribution in [2.45, 2.75) is 16.5 Å². The van der Waals surface area contributed by atoms with E-state index in [2.05, 4.69) is 19.7 Å². The van der Waals surface area contributed by atoms with Gasteiger partial charge in [0.05, 0.1) is 12.9 Å². The summed E-state index contributed by atoms with van der Waals surface area (Å²) in [6, 6.07) is 0. The van der Waals surface area contributed by atoms with Gasteiger partial charge in [-0.05, 0) is 6.92 Å². The van der Waals surface area contributed by atoms with E-state index in [1.807, 2.05) is 0 Å². The molecule has 1 heterocycles. The molecule has 0 saturated carbocycles. The van der Waals surface area contributed by atoms with Crippen molar-refractivity contribution in [1.29, 1.82) is 0 Å². The van der Waals surface area contributed by atoms with Crippen molar-refractivity contribution >= 4 is 50.2 Å². The van der Waals surface area contributed by atoms with Crippen LogP contribution in [-0.2, 0) is 24.3 Å². The highest BCUT2D eigenvalue weighted by Crippen LogP contribution is 2.26. The molecule has 1 rings (SSSR count). The van der Waals surface area contributed by atoms with Crippen LogP contribution in [0.15, 0.2) is 4.34 Å². The summed E-state index contributed by atoms with van der Waals surface area (Å²) in [4.78, 5) is 21.6. The molecule has 0 spiro atoms. The summed E-state index contributed by atoms with van der Waals surface area (Å²) in [6.45, 7) is 1.18. The molecule has 1 unspecified atom stereocenters. The molecule has 0 bridgehead atoms. The maximum atomic E-state index is 11.8. The van der Waals surface area contributed by atoms with Crippen LogP contribution in [0.3, 0.4) is 0 Å². The van der Waals surface area contributed by atoms with E-state index in [1.54, 1.807) is 0 Å². The van der Waals surface area contributed by atoms with Crippen LogP contribution >= 0.6 is 23.1 Å². The number of sulfonamides is 1. The average molecular weight is 341 g/mol. The van der Waals surface area contributed by atoms with Crippen LogP contribution in [0.25, 0.3) is 0 Å². The fraction of sp³-hybridized carbons (Fsp3) is 0.500. The molecule has 0 aliphatic carbocycles. The molecule has 1 atom stereocenters. The molecule has 0 radical (unpaired) electrons. The van der Waals surface area contributed by atoms with Crippen LogP contribution in [0.5, 0.6) is 0 Å². The van der Waals surface area contributed by atoms with Crippen molar-refractivity contribution in [2.24, 2.45) is 0 Å². The van der Waals surface area contributed by atoms with Crippen molar-refractivity contribution in [2.75, 3.05) is 17.6 Å². The van der Waals surface area contributed by atoms with E-state index in [-0.39, 0.29) is 10.9 Å². The van der Waals surface area contributed by atoms with E-state index in [0.717, 1.165) is 30.2 Å². The maximum absolute atomic E-state index is 11.8. The average Bonchev–Trinajstić information content (AvgIpc) is 2.81. The number of carbonyl (C=O) groups is 2. The number of hydrogen-bond acceptors (Lipinski definition) is 9. The first kappa shape index (κ1) is 16.7. The van der Waals surface area contributed by atoms with Gasteiger partial charge in [0.25, 0.3) is 0 Å². The SMILES string of the molecule is COC(=O)C(C)S(=O)(=O)Nc1nnc(SCC(=O)O)s1. The third-order valence-electron chi connectivity index (χ3n) is 1.95. The van der Waals surface area contributed by atoms with Crippen molar-refractivity contribution in [1.82, 2.24) is 10.2 Å². The minimum absolute atomic E-state index is 0.0476. The van der Waals surface area contributed by atoms with Gasteiger partial charge in [0, 0.05) is 0 Å². The highest BCUT2D eigenvalue weighted by atomic mass is 32.2. The lowest BCUT2D eigenvalue weighted by Crippen LogP contribution is -2.33. The number of rotatable bonds is 7. The number of methoxy groups -OCH3 is 1. The van der Waals surface area contributed by atoms with E-state index in [0.29, 0.717) is 4.34 Å². The van der Waals surface area contributed by atoms with Gasteiger partial charge in [0.1, 0.15) is 0 Å². The first-order valence-electron chi connectivity index (χ1n) is 5.04. The summed E-state index contributed by atoms with van der Waals surface area (Å²) in [5.41, 5.74) is 0. The molecule has 1 aromatic heterocycles. The summed E-state index contributed by atoms with van der Waals surface area (Å²) in [5.74, 6) is -2.13. The lowest BCUT2D eigenvalue weighted by molar-refractivity contribution is -0.139. The summed E-state index contributed by atoms with van der Waals surface area (Å²) >= 11 is 1.79. The normalized spacial score (nSPS) is 12.7. The molecule has 0 aliphatic heterocycles. The summed E-state index contributed by atoms with van der Waals surface area (Å²) in [5, 5.41) is 14.2. The van der Waals surface area contributed by atoms with Gasteiger partial charge in [0.2, 0.25) is 15.2 Å². The number of esters is 1. The monoisotopic (exact) mass is 341 g/mol. The molecule has 0 amide bonds. The van der Waals surface area contributed by atoms with Gasteiger partial charge in [-0.3, -0.25) is 14.3 Å². The summed E-state index contributed by atoms with van der Waals surface area (Å²) < 4.78 is 30.3. The molecule has 1 aromatic rings. The highest BCUT2D eigenvalue weighted by molar-refractivity contribution is 8.01. The number of thioether (sulfide) groups is 1. The molecule has 112 valence electrons. The lowest BCUT2D eigenvalue weighted by Gasteiger charge is -2.10. The van der Waals surface area contributed by atoms with Crippen LogP contribution in [0.2, 0.25) is 0 Å². The maximum Gasteiger partial charge on any atom is 0.325 e. The van der Waals surface area contributed by atoms with Gasteiger partial charge in [-0.25, -0.2) is 8.42 Å². The van der Waals surface area contributed by atoms with E-state index >= 15 is 0 Å². The lowest BCUT2D eigenvalue weighted by atomic mass is 10.5. The van der Waals surface area contributed by atoms with Gasteiger partial charge in [-0.15, -0.1) is 10.2 Å². The van der Waals surface area contributed by atoms with Crippen LogP contribution < -0.4 is 4.72 Å². The number of aromatic nitrogens is 2. The van der Waals surface area contributed by atoms with Crippen molar-refractivity contribution in [3.63, 3.8) is 0 Å². The zero-order valence-electron chi connectivity index (χ0n) is 10.4. The molecular weight excluding hydrogens is 330 g/mol. The topological polar surface area (TPSA) is 136 Å². The number of ether oxygens (including phenoxy) is 1. The quantitative estimate of drug-likeness (QED) is 0.519. The molecule has 2 N–H and O–H groups in total. The number of aliphatic carboxylic acids is 1. The Balaban J connectivity index is 2.73. The van der Waals surface area contributed by atoms with Crippen molar-refractivity contribution in [3.8, 4) is 0 Å². The van der Waals surface area contributed by atoms with Gasteiger partial charge in [-0.2, -0.15) is 0 Å². The number of carbonyl (C=O) groups excluding carboxylic acids is 1. The van der Waals surface area contributed by atoms with Gasteiger partial charge in [-0.1, -0.05) is 23.1 Å². The number of nitrogens with one attached hydrogen (secondary N) is 1. The summed E-state index contributed by atoms with van der Waals surface area (Å²) in [7, 11) is -2.90. The molecule has 0 saturated heterocycles. The minimum Gasteiger partial charge on any atom is -0.481 e. The fourth-order valence-corrected chi connectivity index (χ4v) is 3.58. The smallest absolute Gasteiger partial charge is 0.325 e. The Morgan fingerprint density at radius 2 is 2.15 bits per heavy atom. The standard InChI is InChI=1S/C8H11N3O6S3/c1-4(6(14)17-2)20(15,16)11-7-9-10-8(19-7)18-3-5(12)13/h4H,3H2,1-2H3,(H,9,11)(H,12,13). The van der Waals surface area contributed by atoms with Gasteiger partial charge >= 0.3 is 11.9 Å². The summed E-state index contributed by atoms with van der Waals surface area (Å²) in [6.07, 6.45) is 0. The molecular formula is C8H11N3O6S3. The Kier molecular flexibility index (Phi) is 5.71. The predicted molar refractivity (Wildman–Crippen MR) is 72.3 cm³/mol. The van der Waals surface area contributed by atoms with E-state index in [1.165, 1.54) is 6.92 Å². The number of carboxylic acid groups (broad SMARTS) is 1. The zero-order chi connectivity index (χ0) is 15.3. The van der Waals surface area contributed by atoms with E-state index < -0.39 is 27.2 Å². The molecule has 20 heavy (non-hydrogen) atoms. The van der Waals surface area contributed by atoms with Crippen LogP contribution in [0.4, 0.5) is 5.13 Å². The first-order chi connectivity index (χ1) is 9.26. The van der Waals surface area contributed by atoms with Crippen LogP contribution in [0.1, 0.15) is 6.92 Å². The van der Waals surface area contributed by atoms with E-state index in [4.69, 9.17) is 5.11 Å². The Morgan fingerprint density at radius 1 is 1.50 bits per heavy atom. The van der Waals surface area contributed by atoms with Crippen molar-refractivity contribution < 1.29 is 27.9 Å². The molecule has 9 nitrogen and oxygen atoms in total. The number of carboxylic acids is 1. The van der Waals surface area contributed by atoms with Gasteiger partial charge < -0.3 is 9.84 Å². The third kappa shape index (κ3) is 4.61. The molecule has 0 aliphatic rings. The van der Waals surface area contributed by atoms with Crippen LogP contribution in [0, 0.1) is 0 Å². The number of anilines is 1. The fourth-order valence-electron chi connectivity index (χ4n) is 0.936. The molecule has 12 heteroatoms. The Morgan fingerprint density at radius 3 is 2.70 bits per heavy atom. The second kappa shape index (κ2) is 6.85. The Hall–Kier alpha value is -1.40. The largest absolute Gasteiger partial charge is 0.481 e. The second-order valence-electron chi connectivity index (χ2n) is 3.37. The van der Waals surface area contributed by atoms with E-state index in [9.17, 15) is 18.0 Å². The van der Waals surface area contributed by atoms with Crippen LogP contribution in [-0.4, -0.2) is 53.8 Å². The molecule has 0 fully saturated rings. The number of nitrogens with zero attached hydrogens (tertiary/aromatic N) is 2. The minimum atomic E-state index is -3.98. The number of hydrogen-bond donors (Lipinski definition) is 2. The zero-order valence-corrected chi connectivity index (χ0v) is 12.8.